The van der Waals surface area contributed by atoms with Gasteiger partial charge in [0.25, 0.3) is 0 Å². The fourth-order valence-corrected chi connectivity index (χ4v) is 5.60. The summed E-state index contributed by atoms with van der Waals surface area (Å²) in [4.78, 5) is 14.7. The Morgan fingerprint density at radius 1 is 1.12 bits per heavy atom. The van der Waals surface area contributed by atoms with Crippen LogP contribution in [0, 0.1) is 5.92 Å². The fourth-order valence-electron chi connectivity index (χ4n) is 3.83. The number of aliphatic hydroxyl groups is 1. The maximum Gasteiger partial charge on any atom is 0.230 e. The fraction of sp³-hybridized carbons (Fsp3) is 0.611. The van der Waals surface area contributed by atoms with Crippen molar-refractivity contribution >= 4 is 21.4 Å². The highest BCUT2D eigenvalue weighted by atomic mass is 32.2. The lowest BCUT2D eigenvalue weighted by molar-refractivity contribution is -0.124. The predicted molar refractivity (Wildman–Crippen MR) is 95.5 cm³/mol. The van der Waals surface area contributed by atoms with E-state index in [9.17, 15) is 18.3 Å². The molecule has 1 aromatic carbocycles. The molecule has 25 heavy (non-hydrogen) atoms. The number of carbonyl (C=O) groups is 1. The third kappa shape index (κ3) is 3.98. The molecule has 1 heterocycles. The Kier molecular flexibility index (Phi) is 5.34. The SMILES string of the molecule is COc1ccc(N(C(=O)C2CCCCC2)[C@H]2CS(=O)(=O)C[C@H]2O)cc1. The summed E-state index contributed by atoms with van der Waals surface area (Å²) >= 11 is 0. The number of hydrogen-bond donors (Lipinski definition) is 1. The normalized spacial score (nSPS) is 26.3. The zero-order valence-corrected chi connectivity index (χ0v) is 15.2. The summed E-state index contributed by atoms with van der Waals surface area (Å²) in [6.45, 7) is 0. The molecule has 0 aromatic heterocycles. The number of nitrogens with zero attached hydrogens (tertiary/aromatic N) is 1. The van der Waals surface area contributed by atoms with Crippen molar-refractivity contribution in [2.45, 2.75) is 44.2 Å². The van der Waals surface area contributed by atoms with Crippen LogP contribution in [0.2, 0.25) is 0 Å². The first-order valence-corrected chi connectivity index (χ1v) is 10.6. The summed E-state index contributed by atoms with van der Waals surface area (Å²) in [5.74, 6) is -0.00762. The number of aliphatic hydroxyl groups excluding tert-OH is 1. The van der Waals surface area contributed by atoms with Gasteiger partial charge in [-0.15, -0.1) is 0 Å². The van der Waals surface area contributed by atoms with E-state index >= 15 is 0 Å². The number of hydrogen-bond acceptors (Lipinski definition) is 5. The van der Waals surface area contributed by atoms with E-state index in [1.54, 1.807) is 31.4 Å². The van der Waals surface area contributed by atoms with Crippen LogP contribution in [0.1, 0.15) is 32.1 Å². The average Bonchev–Trinajstić information content (AvgIpc) is 2.89. The van der Waals surface area contributed by atoms with Crippen molar-refractivity contribution in [2.75, 3.05) is 23.5 Å². The molecule has 1 saturated carbocycles. The number of methoxy groups -OCH3 is 1. The van der Waals surface area contributed by atoms with Gasteiger partial charge in [-0.3, -0.25) is 4.79 Å². The standard InChI is InChI=1S/C18H25NO5S/c1-24-15-9-7-14(8-10-15)19(16-11-25(22,23)12-17(16)20)18(21)13-5-3-2-4-6-13/h7-10,13,16-17,20H,2-6,11-12H2,1H3/t16-,17+/m0/s1. The molecule has 1 saturated heterocycles. The second kappa shape index (κ2) is 7.33. The Hall–Kier alpha value is -1.60. The lowest BCUT2D eigenvalue weighted by atomic mass is 9.87. The number of benzene rings is 1. The second-order valence-corrected chi connectivity index (χ2v) is 9.11. The van der Waals surface area contributed by atoms with Crippen LogP contribution in [0.15, 0.2) is 24.3 Å². The molecule has 2 aliphatic rings. The van der Waals surface area contributed by atoms with E-state index in [2.05, 4.69) is 0 Å². The van der Waals surface area contributed by atoms with E-state index in [0.29, 0.717) is 11.4 Å². The van der Waals surface area contributed by atoms with E-state index in [-0.39, 0.29) is 23.3 Å². The van der Waals surface area contributed by atoms with Crippen molar-refractivity contribution in [1.29, 1.82) is 0 Å². The molecule has 0 unspecified atom stereocenters. The van der Waals surface area contributed by atoms with Crippen molar-refractivity contribution in [1.82, 2.24) is 0 Å². The molecule has 1 aliphatic heterocycles. The lowest BCUT2D eigenvalue weighted by Gasteiger charge is -2.34. The van der Waals surface area contributed by atoms with Crippen molar-refractivity contribution in [2.24, 2.45) is 5.92 Å². The molecule has 7 heteroatoms. The Bertz CT molecular complexity index is 709. The highest BCUT2D eigenvalue weighted by molar-refractivity contribution is 7.91. The molecule has 138 valence electrons. The van der Waals surface area contributed by atoms with Gasteiger partial charge < -0.3 is 14.7 Å². The van der Waals surface area contributed by atoms with E-state index in [1.165, 1.54) is 4.90 Å². The van der Waals surface area contributed by atoms with E-state index in [1.807, 2.05) is 0 Å². The molecule has 6 nitrogen and oxygen atoms in total. The molecule has 2 fully saturated rings. The zero-order valence-electron chi connectivity index (χ0n) is 14.4. The van der Waals surface area contributed by atoms with Gasteiger partial charge in [-0.1, -0.05) is 19.3 Å². The summed E-state index contributed by atoms with van der Waals surface area (Å²) in [7, 11) is -1.78. The van der Waals surface area contributed by atoms with Crippen LogP contribution < -0.4 is 9.64 Å². The van der Waals surface area contributed by atoms with Crippen molar-refractivity contribution in [3.05, 3.63) is 24.3 Å². The van der Waals surface area contributed by atoms with Gasteiger partial charge in [0.05, 0.1) is 30.8 Å². The lowest BCUT2D eigenvalue weighted by Crippen LogP contribution is -2.49. The minimum atomic E-state index is -3.34. The van der Waals surface area contributed by atoms with Gasteiger partial charge in [0.1, 0.15) is 5.75 Å². The number of carbonyl (C=O) groups excluding carboxylic acids is 1. The van der Waals surface area contributed by atoms with Crippen LogP contribution in [0.4, 0.5) is 5.69 Å². The monoisotopic (exact) mass is 367 g/mol. The minimum absolute atomic E-state index is 0.0778. The number of sulfone groups is 1. The molecule has 0 spiro atoms. The molecule has 1 aromatic rings. The Labute approximate surface area is 148 Å². The first-order valence-electron chi connectivity index (χ1n) is 8.77. The van der Waals surface area contributed by atoms with Gasteiger partial charge >= 0.3 is 0 Å². The Balaban J connectivity index is 1.93. The molecule has 2 atom stereocenters. The molecular formula is C18H25NO5S. The third-order valence-corrected chi connectivity index (χ3v) is 6.87. The zero-order chi connectivity index (χ0) is 18.0. The first kappa shape index (κ1) is 18.2. The maximum atomic E-state index is 13.2. The highest BCUT2D eigenvalue weighted by Crippen LogP contribution is 2.32. The van der Waals surface area contributed by atoms with Gasteiger partial charge in [0.2, 0.25) is 5.91 Å². The Morgan fingerprint density at radius 2 is 1.76 bits per heavy atom. The van der Waals surface area contributed by atoms with Crippen LogP contribution in [0.3, 0.4) is 0 Å². The molecule has 1 N–H and O–H groups in total. The number of rotatable bonds is 4. The van der Waals surface area contributed by atoms with E-state index in [4.69, 9.17) is 4.74 Å². The van der Waals surface area contributed by atoms with Crippen LogP contribution in [0.5, 0.6) is 5.75 Å². The molecular weight excluding hydrogens is 342 g/mol. The highest BCUT2D eigenvalue weighted by Gasteiger charge is 2.43. The topological polar surface area (TPSA) is 83.9 Å². The molecule has 3 rings (SSSR count). The van der Waals surface area contributed by atoms with Gasteiger partial charge in [-0.2, -0.15) is 0 Å². The van der Waals surface area contributed by atoms with Crippen LogP contribution in [-0.2, 0) is 14.6 Å². The van der Waals surface area contributed by atoms with Crippen LogP contribution in [0.25, 0.3) is 0 Å². The largest absolute Gasteiger partial charge is 0.497 e. The van der Waals surface area contributed by atoms with Crippen molar-refractivity contribution in [3.8, 4) is 5.75 Å². The number of ether oxygens (including phenoxy) is 1. The number of anilines is 1. The van der Waals surface area contributed by atoms with Gasteiger partial charge in [0.15, 0.2) is 9.84 Å². The van der Waals surface area contributed by atoms with Gasteiger partial charge in [-0.05, 0) is 37.1 Å². The minimum Gasteiger partial charge on any atom is -0.497 e. The summed E-state index contributed by atoms with van der Waals surface area (Å²) in [6.07, 6.45) is 3.74. The second-order valence-electron chi connectivity index (χ2n) is 6.95. The summed E-state index contributed by atoms with van der Waals surface area (Å²) in [5.41, 5.74) is 0.609. The predicted octanol–water partition coefficient (Wildman–Crippen LogP) is 1.77. The van der Waals surface area contributed by atoms with Crippen molar-refractivity contribution < 1.29 is 23.1 Å². The number of amides is 1. The van der Waals surface area contributed by atoms with Crippen molar-refractivity contribution in [3.63, 3.8) is 0 Å². The quantitative estimate of drug-likeness (QED) is 0.877. The maximum absolute atomic E-state index is 13.2. The van der Waals surface area contributed by atoms with Gasteiger partial charge in [-0.25, -0.2) is 8.42 Å². The Morgan fingerprint density at radius 3 is 2.28 bits per heavy atom. The van der Waals surface area contributed by atoms with Gasteiger partial charge in [0, 0.05) is 11.6 Å². The smallest absolute Gasteiger partial charge is 0.230 e. The summed E-state index contributed by atoms with van der Waals surface area (Å²) < 4.78 is 29.1. The third-order valence-electron chi connectivity index (χ3n) is 5.17. The summed E-state index contributed by atoms with van der Waals surface area (Å²) in [6, 6.07) is 6.25. The molecule has 1 amide bonds. The average molecular weight is 367 g/mol. The van der Waals surface area contributed by atoms with E-state index in [0.717, 1.165) is 32.1 Å². The first-order chi connectivity index (χ1) is 11.9. The summed E-state index contributed by atoms with van der Waals surface area (Å²) in [5, 5.41) is 10.3. The molecule has 1 aliphatic carbocycles. The molecule has 0 bridgehead atoms. The van der Waals surface area contributed by atoms with Crippen LogP contribution >= 0.6 is 0 Å². The van der Waals surface area contributed by atoms with E-state index < -0.39 is 22.0 Å². The molecule has 0 radical (unpaired) electrons. The van der Waals surface area contributed by atoms with Crippen LogP contribution in [-0.4, -0.2) is 50.2 Å².